The van der Waals surface area contributed by atoms with E-state index in [1.165, 1.54) is 18.3 Å². The van der Waals surface area contributed by atoms with Gasteiger partial charge in [0, 0.05) is 25.0 Å². The van der Waals surface area contributed by atoms with Gasteiger partial charge in [-0.15, -0.1) is 0 Å². The molecule has 3 N–H and O–H groups in total. The molecule has 2 fully saturated rings. The SMILES string of the molecule is O=C(O)c1ccc(C2(NC(=O)c3cc(Cl)cnc3N3CC(Nc4ccc(F)cc4)C3)CC2)cc1. The Kier molecular flexibility index (Phi) is 5.61. The van der Waals surface area contributed by atoms with Crippen molar-refractivity contribution in [2.45, 2.75) is 24.4 Å². The third kappa shape index (κ3) is 4.41. The Bertz CT molecular complexity index is 1240. The first kappa shape index (κ1) is 22.2. The molecule has 5 rings (SSSR count). The van der Waals surface area contributed by atoms with Gasteiger partial charge in [0.2, 0.25) is 0 Å². The van der Waals surface area contributed by atoms with Crippen LogP contribution in [0.15, 0.2) is 60.8 Å². The van der Waals surface area contributed by atoms with E-state index in [0.29, 0.717) is 29.5 Å². The van der Waals surface area contributed by atoms with E-state index in [1.54, 1.807) is 42.5 Å². The van der Waals surface area contributed by atoms with Crippen LogP contribution in [0.25, 0.3) is 0 Å². The maximum absolute atomic E-state index is 13.3. The lowest BCUT2D eigenvalue weighted by atomic mass is 10.0. The van der Waals surface area contributed by atoms with E-state index in [0.717, 1.165) is 24.1 Å². The lowest BCUT2D eigenvalue weighted by Crippen LogP contribution is -2.55. The van der Waals surface area contributed by atoms with Crippen molar-refractivity contribution in [1.29, 1.82) is 0 Å². The first-order chi connectivity index (χ1) is 16.3. The Morgan fingerprint density at radius 1 is 1.09 bits per heavy atom. The minimum atomic E-state index is -0.989. The first-order valence-corrected chi connectivity index (χ1v) is 11.3. The van der Waals surface area contributed by atoms with Gasteiger partial charge in [0.15, 0.2) is 0 Å². The summed E-state index contributed by atoms with van der Waals surface area (Å²) in [6.07, 6.45) is 3.05. The van der Waals surface area contributed by atoms with Gasteiger partial charge in [0.25, 0.3) is 5.91 Å². The highest BCUT2D eigenvalue weighted by Gasteiger charge is 2.46. The van der Waals surface area contributed by atoms with Crippen molar-refractivity contribution in [2.75, 3.05) is 23.3 Å². The van der Waals surface area contributed by atoms with E-state index in [4.69, 9.17) is 16.7 Å². The molecule has 1 saturated heterocycles. The van der Waals surface area contributed by atoms with Gasteiger partial charge in [-0.25, -0.2) is 14.2 Å². The molecule has 3 aromatic rings. The predicted molar refractivity (Wildman–Crippen MR) is 127 cm³/mol. The largest absolute Gasteiger partial charge is 0.478 e. The van der Waals surface area contributed by atoms with Crippen molar-refractivity contribution >= 4 is 35.0 Å². The third-order valence-electron chi connectivity index (χ3n) is 6.26. The fraction of sp³-hybridized carbons (Fsp3) is 0.240. The average molecular weight is 481 g/mol. The number of aromatic carboxylic acids is 1. The average Bonchev–Trinajstić information content (AvgIpc) is 3.58. The number of hydrogen-bond donors (Lipinski definition) is 3. The second-order valence-corrected chi connectivity index (χ2v) is 9.13. The number of benzene rings is 2. The second-order valence-electron chi connectivity index (χ2n) is 8.70. The van der Waals surface area contributed by atoms with E-state index < -0.39 is 11.5 Å². The number of amides is 1. The molecule has 1 aromatic heterocycles. The highest BCUT2D eigenvalue weighted by atomic mass is 35.5. The predicted octanol–water partition coefficient (Wildman–Crippen LogP) is 4.29. The van der Waals surface area contributed by atoms with Crippen LogP contribution in [0.3, 0.4) is 0 Å². The van der Waals surface area contributed by atoms with Gasteiger partial charge >= 0.3 is 5.97 Å². The second kappa shape index (κ2) is 8.61. The summed E-state index contributed by atoms with van der Waals surface area (Å²) in [6, 6.07) is 14.5. The van der Waals surface area contributed by atoms with E-state index in [2.05, 4.69) is 15.6 Å². The first-order valence-electron chi connectivity index (χ1n) is 10.9. The van der Waals surface area contributed by atoms with Gasteiger partial charge < -0.3 is 20.6 Å². The van der Waals surface area contributed by atoms with Gasteiger partial charge in [-0.3, -0.25) is 4.79 Å². The molecule has 0 atom stereocenters. The number of nitrogens with one attached hydrogen (secondary N) is 2. The van der Waals surface area contributed by atoms with Crippen LogP contribution in [0.1, 0.15) is 39.1 Å². The number of hydrogen-bond acceptors (Lipinski definition) is 5. The van der Waals surface area contributed by atoms with Crippen molar-refractivity contribution in [3.8, 4) is 0 Å². The lowest BCUT2D eigenvalue weighted by Gasteiger charge is -2.41. The van der Waals surface area contributed by atoms with Gasteiger partial charge in [-0.2, -0.15) is 0 Å². The number of pyridine rings is 1. The Morgan fingerprint density at radius 2 is 1.76 bits per heavy atom. The topological polar surface area (TPSA) is 94.6 Å². The minimum Gasteiger partial charge on any atom is -0.478 e. The number of carboxylic acids is 1. The molecule has 0 bridgehead atoms. The zero-order valence-electron chi connectivity index (χ0n) is 18.1. The maximum Gasteiger partial charge on any atom is 0.335 e. The molecule has 9 heteroatoms. The molecule has 34 heavy (non-hydrogen) atoms. The normalized spacial score (nSPS) is 16.5. The molecule has 1 saturated carbocycles. The quantitative estimate of drug-likeness (QED) is 0.467. The van der Waals surface area contributed by atoms with Crippen LogP contribution >= 0.6 is 11.6 Å². The summed E-state index contributed by atoms with van der Waals surface area (Å²) in [5, 5.41) is 15.9. The van der Waals surface area contributed by atoms with Crippen LogP contribution in [0, 0.1) is 5.82 Å². The monoisotopic (exact) mass is 480 g/mol. The van der Waals surface area contributed by atoms with Crippen molar-refractivity contribution in [2.24, 2.45) is 0 Å². The summed E-state index contributed by atoms with van der Waals surface area (Å²) in [4.78, 5) is 30.8. The van der Waals surface area contributed by atoms with E-state index >= 15 is 0 Å². The third-order valence-corrected chi connectivity index (χ3v) is 6.47. The molecule has 0 spiro atoms. The summed E-state index contributed by atoms with van der Waals surface area (Å²) < 4.78 is 13.1. The lowest BCUT2D eigenvalue weighted by molar-refractivity contribution is 0.0696. The smallest absolute Gasteiger partial charge is 0.335 e. The summed E-state index contributed by atoms with van der Waals surface area (Å²) >= 11 is 6.17. The van der Waals surface area contributed by atoms with Crippen LogP contribution in [0.4, 0.5) is 15.9 Å². The van der Waals surface area contributed by atoms with Crippen molar-refractivity contribution < 1.29 is 19.1 Å². The number of nitrogens with zero attached hydrogens (tertiary/aromatic N) is 2. The van der Waals surface area contributed by atoms with Crippen molar-refractivity contribution in [3.63, 3.8) is 0 Å². The van der Waals surface area contributed by atoms with Crippen molar-refractivity contribution in [1.82, 2.24) is 10.3 Å². The Balaban J connectivity index is 1.29. The van der Waals surface area contributed by atoms with Crippen molar-refractivity contribution in [3.05, 3.63) is 88.3 Å². The highest BCUT2D eigenvalue weighted by molar-refractivity contribution is 6.31. The standard InChI is InChI=1S/C25H22ClFN4O3/c26-17-11-21(23(32)30-25(9-10-25)16-3-1-15(2-4-16)24(33)34)22(28-12-17)31-13-20(14-31)29-19-7-5-18(27)6-8-19/h1-8,11-12,20,29H,9-10,13-14H2,(H,30,32)(H,33,34). The molecule has 1 aliphatic carbocycles. The summed E-state index contributed by atoms with van der Waals surface area (Å²) in [6.45, 7) is 1.27. The number of aromatic nitrogens is 1. The van der Waals surface area contributed by atoms with E-state index in [1.807, 2.05) is 4.90 Å². The molecule has 7 nitrogen and oxygen atoms in total. The zero-order chi connectivity index (χ0) is 23.9. The number of rotatable bonds is 7. The maximum atomic E-state index is 13.3. The number of halogens is 2. The number of carbonyl (C=O) groups is 2. The number of carboxylic acid groups (broad SMARTS) is 1. The fourth-order valence-electron chi connectivity index (χ4n) is 4.20. The molecular formula is C25H22ClFN4O3. The summed E-state index contributed by atoms with van der Waals surface area (Å²) in [5.74, 6) is -0.999. The van der Waals surface area contributed by atoms with Gasteiger partial charge in [-0.1, -0.05) is 23.7 Å². The molecule has 0 unspecified atom stereocenters. The van der Waals surface area contributed by atoms with Crippen LogP contribution in [0.5, 0.6) is 0 Å². The van der Waals surface area contributed by atoms with Crippen LogP contribution in [-0.4, -0.2) is 41.1 Å². The van der Waals surface area contributed by atoms with E-state index in [-0.39, 0.29) is 23.3 Å². The van der Waals surface area contributed by atoms with Gasteiger partial charge in [0.1, 0.15) is 11.6 Å². The molecule has 0 radical (unpaired) electrons. The fourth-order valence-corrected chi connectivity index (χ4v) is 4.36. The Morgan fingerprint density at radius 3 is 2.38 bits per heavy atom. The molecule has 2 aliphatic rings. The summed E-state index contributed by atoms with van der Waals surface area (Å²) in [7, 11) is 0. The molecular weight excluding hydrogens is 459 g/mol. The van der Waals surface area contributed by atoms with Gasteiger partial charge in [0.05, 0.1) is 27.7 Å². The van der Waals surface area contributed by atoms with Crippen LogP contribution < -0.4 is 15.5 Å². The van der Waals surface area contributed by atoms with Crippen LogP contribution in [-0.2, 0) is 5.54 Å². The van der Waals surface area contributed by atoms with Crippen LogP contribution in [0.2, 0.25) is 5.02 Å². The zero-order valence-corrected chi connectivity index (χ0v) is 18.8. The number of anilines is 2. The Labute approximate surface area is 200 Å². The van der Waals surface area contributed by atoms with Gasteiger partial charge in [-0.05, 0) is 60.9 Å². The molecule has 2 aromatic carbocycles. The molecule has 1 amide bonds. The Hall–Kier alpha value is -3.65. The van der Waals surface area contributed by atoms with E-state index in [9.17, 15) is 14.0 Å². The number of carbonyl (C=O) groups excluding carboxylic acids is 1. The molecule has 2 heterocycles. The highest BCUT2D eigenvalue weighted by Crippen LogP contribution is 2.46. The molecule has 174 valence electrons. The summed E-state index contributed by atoms with van der Waals surface area (Å²) in [5.41, 5.74) is 1.78. The molecule has 1 aliphatic heterocycles. The minimum absolute atomic E-state index is 0.140.